The third-order valence-electron chi connectivity index (χ3n) is 5.68. The van der Waals surface area contributed by atoms with Crippen molar-refractivity contribution in [1.29, 1.82) is 0 Å². The molecule has 5 rings (SSSR count). The first-order valence-electron chi connectivity index (χ1n) is 11.7. The molecule has 9 nitrogen and oxygen atoms in total. The molecule has 0 spiro atoms. The van der Waals surface area contributed by atoms with Crippen LogP contribution in [0.3, 0.4) is 0 Å². The largest absolute Gasteiger partial charge is 0.348 e. The lowest BCUT2D eigenvalue weighted by Crippen LogP contribution is -2.48. The van der Waals surface area contributed by atoms with E-state index in [1.54, 1.807) is 36.7 Å². The molecule has 4 heterocycles. The zero-order chi connectivity index (χ0) is 24.9. The van der Waals surface area contributed by atoms with Gasteiger partial charge in [-0.25, -0.2) is 19.7 Å². The van der Waals surface area contributed by atoms with Crippen LogP contribution in [0.15, 0.2) is 49.3 Å². The lowest BCUT2D eigenvalue weighted by Gasteiger charge is -2.27. The van der Waals surface area contributed by atoms with Crippen LogP contribution in [0.1, 0.15) is 49.2 Å². The molecule has 0 saturated heterocycles. The van der Waals surface area contributed by atoms with Gasteiger partial charge in [-0.3, -0.25) is 9.59 Å². The third-order valence-corrected chi connectivity index (χ3v) is 6.77. The van der Waals surface area contributed by atoms with Gasteiger partial charge in [0.2, 0.25) is 5.91 Å². The summed E-state index contributed by atoms with van der Waals surface area (Å²) >= 11 is 1.22. The second kappa shape index (κ2) is 10.6. The van der Waals surface area contributed by atoms with Crippen LogP contribution >= 0.6 is 11.3 Å². The predicted octanol–water partition coefficient (Wildman–Crippen LogP) is 4.74. The number of pyridine rings is 2. The number of anilines is 3. The minimum atomic E-state index is -0.395. The Morgan fingerprint density at radius 3 is 2.60 bits per heavy atom. The van der Waals surface area contributed by atoms with E-state index in [4.69, 9.17) is 0 Å². The van der Waals surface area contributed by atoms with Crippen molar-refractivity contribution in [3.05, 3.63) is 54.2 Å². The van der Waals surface area contributed by atoms with Crippen molar-refractivity contribution in [2.45, 2.75) is 51.6 Å². The number of carbonyl (C=O) groups excluding carboxylic acids is 3. The van der Waals surface area contributed by atoms with Crippen molar-refractivity contribution in [2.75, 3.05) is 10.2 Å². The van der Waals surface area contributed by atoms with Crippen LogP contribution in [-0.4, -0.2) is 39.9 Å². The molecule has 1 saturated carbocycles. The first-order chi connectivity index (χ1) is 17.0. The fourth-order valence-electron chi connectivity index (χ4n) is 4.24. The number of aromatic nitrogens is 2. The summed E-state index contributed by atoms with van der Waals surface area (Å²) in [4.78, 5) is 49.1. The highest BCUT2D eigenvalue weighted by Gasteiger charge is 2.35. The fraction of sp³-hybridized carbons (Fsp3) is 0.320. The quantitative estimate of drug-likeness (QED) is 0.445. The van der Waals surface area contributed by atoms with E-state index < -0.39 is 6.03 Å². The molecule has 35 heavy (non-hydrogen) atoms. The van der Waals surface area contributed by atoms with Gasteiger partial charge in [0.25, 0.3) is 5.91 Å². The molecule has 3 aromatic heterocycles. The van der Waals surface area contributed by atoms with E-state index in [9.17, 15) is 14.4 Å². The van der Waals surface area contributed by atoms with E-state index in [2.05, 4.69) is 46.3 Å². The summed E-state index contributed by atoms with van der Waals surface area (Å²) in [6, 6.07) is 6.32. The Balaban J connectivity index is 0.000000917. The molecule has 0 aromatic carbocycles. The highest BCUT2D eigenvalue weighted by Crippen LogP contribution is 2.45. The van der Waals surface area contributed by atoms with Crippen LogP contribution in [0.2, 0.25) is 0 Å². The molecule has 1 aliphatic carbocycles. The maximum Gasteiger partial charge on any atom is 0.332 e. The maximum absolute atomic E-state index is 13.2. The summed E-state index contributed by atoms with van der Waals surface area (Å²) in [5.41, 5.74) is 1.08. The molecule has 2 unspecified atom stereocenters. The monoisotopic (exact) mass is 492 g/mol. The summed E-state index contributed by atoms with van der Waals surface area (Å²) in [5.74, 6) is -0.0822. The van der Waals surface area contributed by atoms with Gasteiger partial charge in [-0.2, -0.15) is 0 Å². The average molecular weight is 493 g/mol. The Hall–Kier alpha value is -3.79. The number of rotatable bonds is 5. The number of nitrogens with one attached hydrogen (secondary N) is 3. The van der Waals surface area contributed by atoms with E-state index in [1.807, 2.05) is 0 Å². The Labute approximate surface area is 207 Å². The molecular weight excluding hydrogens is 464 g/mol. The number of carbonyl (C=O) groups is 3. The van der Waals surface area contributed by atoms with Gasteiger partial charge >= 0.3 is 6.03 Å². The van der Waals surface area contributed by atoms with Gasteiger partial charge in [0.1, 0.15) is 15.5 Å². The van der Waals surface area contributed by atoms with Crippen molar-refractivity contribution in [2.24, 2.45) is 0 Å². The minimum Gasteiger partial charge on any atom is -0.348 e. The smallest absolute Gasteiger partial charge is 0.332 e. The normalized spacial score (nSPS) is 18.3. The van der Waals surface area contributed by atoms with E-state index in [1.165, 1.54) is 28.7 Å². The van der Waals surface area contributed by atoms with Crippen LogP contribution in [0.25, 0.3) is 10.2 Å². The molecule has 10 heteroatoms. The van der Waals surface area contributed by atoms with Gasteiger partial charge in [-0.05, 0) is 43.5 Å². The summed E-state index contributed by atoms with van der Waals surface area (Å²) in [5, 5.41) is 9.46. The van der Waals surface area contributed by atoms with Crippen molar-refractivity contribution < 1.29 is 14.4 Å². The molecule has 0 bridgehead atoms. The molecule has 2 atom stereocenters. The summed E-state index contributed by atoms with van der Waals surface area (Å²) in [6.07, 6.45) is 8.15. The zero-order valence-electron chi connectivity index (χ0n) is 19.7. The average Bonchev–Trinajstić information content (AvgIpc) is 3.45. The lowest BCUT2D eigenvalue weighted by atomic mass is 10.1. The number of urea groups is 1. The Morgan fingerprint density at radius 1 is 1.17 bits per heavy atom. The highest BCUT2D eigenvalue weighted by atomic mass is 32.1. The van der Waals surface area contributed by atoms with Crippen molar-refractivity contribution >= 4 is 56.6 Å². The van der Waals surface area contributed by atoms with Crippen molar-refractivity contribution in [3.63, 3.8) is 0 Å². The summed E-state index contributed by atoms with van der Waals surface area (Å²) in [6.45, 7) is 7.73. The number of nitrogens with zero attached hydrogens (tertiary/aromatic N) is 3. The van der Waals surface area contributed by atoms with Crippen molar-refractivity contribution in [3.8, 4) is 0 Å². The highest BCUT2D eigenvalue weighted by molar-refractivity contribution is 7.21. The summed E-state index contributed by atoms with van der Waals surface area (Å²) in [7, 11) is 0. The molecule has 2 aliphatic rings. The molecule has 0 radical (unpaired) electrons. The molecular formula is C25H28N6O3S. The van der Waals surface area contributed by atoms with Crippen LogP contribution < -0.4 is 20.9 Å². The molecule has 3 aromatic rings. The lowest BCUT2D eigenvalue weighted by molar-refractivity contribution is -0.117. The third kappa shape index (κ3) is 4.88. The standard InChI is InChI=1S/C22H20N6O3S.C3H8/c1-2-16(29)25-12-6-5-7-13(12)26-20(30)19-18-17-14(9-11-24-21(17)32-19)28(22(31)27-18)15-8-3-4-10-23-15;1-3-2/h2-4,8-13H,1,5-7H2,(H,25,29)(H,26,30)(H,27,31);3H2,1-2H3. The second-order valence-corrected chi connectivity index (χ2v) is 9.31. The van der Waals surface area contributed by atoms with Gasteiger partial charge in [-0.1, -0.05) is 32.9 Å². The molecule has 1 fully saturated rings. The van der Waals surface area contributed by atoms with Crippen LogP contribution in [0.5, 0.6) is 0 Å². The first-order valence-corrected chi connectivity index (χ1v) is 12.5. The van der Waals surface area contributed by atoms with Crippen LogP contribution in [-0.2, 0) is 4.79 Å². The number of amides is 4. The van der Waals surface area contributed by atoms with Crippen molar-refractivity contribution in [1.82, 2.24) is 20.6 Å². The molecule has 182 valence electrons. The second-order valence-electron chi connectivity index (χ2n) is 8.31. The molecule has 1 aliphatic heterocycles. The zero-order valence-corrected chi connectivity index (χ0v) is 20.5. The Morgan fingerprint density at radius 2 is 1.91 bits per heavy atom. The maximum atomic E-state index is 13.2. The van der Waals surface area contributed by atoms with Gasteiger partial charge in [-0.15, -0.1) is 11.3 Å². The first kappa shape index (κ1) is 24.3. The minimum absolute atomic E-state index is 0.155. The SMILES string of the molecule is C=CC(=O)NC1CCCC1NC(=O)c1sc2nccc3c2c1NC(=O)N3c1ccccn1.CCC. The van der Waals surface area contributed by atoms with E-state index in [0.717, 1.165) is 19.3 Å². The van der Waals surface area contributed by atoms with E-state index in [0.29, 0.717) is 32.3 Å². The number of hydrogen-bond acceptors (Lipinski definition) is 6. The molecule has 4 amide bonds. The molecule has 3 N–H and O–H groups in total. The Bertz CT molecular complexity index is 1260. The van der Waals surface area contributed by atoms with E-state index >= 15 is 0 Å². The number of thiophene rings is 1. The predicted molar refractivity (Wildman–Crippen MR) is 138 cm³/mol. The number of hydrogen-bond donors (Lipinski definition) is 3. The van der Waals surface area contributed by atoms with Gasteiger partial charge in [0.15, 0.2) is 0 Å². The fourth-order valence-corrected chi connectivity index (χ4v) is 5.26. The Kier molecular flexibility index (Phi) is 7.40. The van der Waals surface area contributed by atoms with Gasteiger partial charge in [0.05, 0.1) is 16.8 Å². The van der Waals surface area contributed by atoms with Gasteiger partial charge in [0, 0.05) is 24.5 Å². The van der Waals surface area contributed by atoms with E-state index in [-0.39, 0.29) is 23.9 Å². The summed E-state index contributed by atoms with van der Waals surface area (Å²) < 4.78 is 0. The topological polar surface area (TPSA) is 116 Å². The van der Waals surface area contributed by atoms with Crippen LogP contribution in [0, 0.1) is 0 Å². The van der Waals surface area contributed by atoms with Crippen LogP contribution in [0.4, 0.5) is 22.0 Å². The van der Waals surface area contributed by atoms with Gasteiger partial charge < -0.3 is 16.0 Å².